The van der Waals surface area contributed by atoms with E-state index in [2.05, 4.69) is 41.8 Å². The number of esters is 1. The molecule has 0 aromatic heterocycles. The molecule has 2 unspecified atom stereocenters. The second-order valence-electron chi connectivity index (χ2n) is 12.8. The Morgan fingerprint density at radius 1 is 1.04 bits per heavy atom. The van der Waals surface area contributed by atoms with Gasteiger partial charge in [-0.05, 0) is 71.7 Å². The van der Waals surface area contributed by atoms with Crippen molar-refractivity contribution in [2.45, 2.75) is 82.7 Å². The van der Waals surface area contributed by atoms with E-state index in [9.17, 15) is 24.3 Å². The molecule has 48 heavy (non-hydrogen) atoms. The van der Waals surface area contributed by atoms with Crippen molar-refractivity contribution in [2.24, 2.45) is 17.8 Å². The average Bonchev–Trinajstić information content (AvgIpc) is 3.86. The van der Waals surface area contributed by atoms with E-state index in [-0.39, 0.29) is 25.3 Å². The summed E-state index contributed by atoms with van der Waals surface area (Å²) in [6, 6.07) is 12.7. The van der Waals surface area contributed by atoms with E-state index in [0.29, 0.717) is 39.5 Å². The molecule has 3 rings (SSSR count). The number of allylic oxidation sites excluding steroid dienone is 1. The van der Waals surface area contributed by atoms with Gasteiger partial charge >= 0.3 is 11.9 Å². The van der Waals surface area contributed by atoms with Gasteiger partial charge in [0.25, 0.3) is 0 Å². The molecule has 0 radical (unpaired) electrons. The number of halogens is 2. The number of ether oxygens (including phenoxy) is 2. The highest BCUT2D eigenvalue weighted by Crippen LogP contribution is 2.65. The first kappa shape index (κ1) is 39.3. The van der Waals surface area contributed by atoms with Crippen LogP contribution in [0.5, 0.6) is 5.75 Å². The van der Waals surface area contributed by atoms with E-state index in [1.807, 2.05) is 19.9 Å². The molecule has 9 nitrogen and oxygen atoms in total. The van der Waals surface area contributed by atoms with Gasteiger partial charge in [0.05, 0.1) is 18.1 Å². The summed E-state index contributed by atoms with van der Waals surface area (Å²) in [7, 11) is 2.40. The molecular formula is C36H47Cl2N2O7P. The van der Waals surface area contributed by atoms with Crippen LogP contribution in [0.15, 0.2) is 54.6 Å². The maximum Gasteiger partial charge on any atom is 0.345 e. The van der Waals surface area contributed by atoms with Gasteiger partial charge in [-0.15, -0.1) is 20.2 Å². The van der Waals surface area contributed by atoms with Crippen molar-refractivity contribution >= 4 is 55.5 Å². The van der Waals surface area contributed by atoms with E-state index in [0.717, 1.165) is 27.0 Å². The number of carboxylic acid groups (broad SMARTS) is 1. The summed E-state index contributed by atoms with van der Waals surface area (Å²) in [6.45, 7) is 7.36. The van der Waals surface area contributed by atoms with Crippen molar-refractivity contribution < 1.29 is 33.8 Å². The maximum absolute atomic E-state index is 13.3. The van der Waals surface area contributed by atoms with E-state index in [4.69, 9.17) is 32.7 Å². The van der Waals surface area contributed by atoms with Crippen LogP contribution in [0.2, 0.25) is 5.02 Å². The highest BCUT2D eigenvalue weighted by molar-refractivity contribution is 7.48. The molecule has 0 aliphatic carbocycles. The van der Waals surface area contributed by atoms with Crippen LogP contribution in [0.3, 0.4) is 0 Å². The average molecular weight is 722 g/mol. The van der Waals surface area contributed by atoms with E-state index < -0.39 is 41.8 Å². The second-order valence-corrected chi connectivity index (χ2v) is 15.1. The number of alkyl halides is 1. The first-order chi connectivity index (χ1) is 22.8. The molecule has 0 bridgehead atoms. The van der Waals surface area contributed by atoms with E-state index in [1.54, 1.807) is 25.1 Å². The zero-order valence-corrected chi connectivity index (χ0v) is 30.6. The Hall–Kier alpha value is -3.13. The van der Waals surface area contributed by atoms with Gasteiger partial charge in [-0.2, -0.15) is 0 Å². The van der Waals surface area contributed by atoms with Crippen LogP contribution in [0.1, 0.15) is 69.3 Å². The Balaban J connectivity index is 1.56. The van der Waals surface area contributed by atoms with E-state index in [1.165, 1.54) is 18.7 Å². The summed E-state index contributed by atoms with van der Waals surface area (Å²) >= 11 is 12.2. The number of rotatable bonds is 19. The Labute approximate surface area is 295 Å². The van der Waals surface area contributed by atoms with Crippen molar-refractivity contribution in [3.8, 4) is 5.75 Å². The van der Waals surface area contributed by atoms with Gasteiger partial charge in [-0.3, -0.25) is 14.4 Å². The molecule has 12 heteroatoms. The zero-order valence-electron chi connectivity index (χ0n) is 28.1. The molecule has 1 fully saturated rings. The zero-order chi connectivity index (χ0) is 35.4. The van der Waals surface area contributed by atoms with Crippen molar-refractivity contribution in [3.63, 3.8) is 0 Å². The third-order valence-electron chi connectivity index (χ3n) is 8.28. The number of aliphatic carboxylic acids is 1. The topological polar surface area (TPSA) is 131 Å². The Morgan fingerprint density at radius 2 is 1.73 bits per heavy atom. The van der Waals surface area contributed by atoms with Crippen LogP contribution < -0.4 is 15.4 Å². The van der Waals surface area contributed by atoms with Crippen molar-refractivity contribution in [1.29, 1.82) is 0 Å². The predicted octanol–water partition coefficient (Wildman–Crippen LogP) is 6.68. The van der Waals surface area contributed by atoms with Gasteiger partial charge in [-0.25, -0.2) is 4.79 Å². The fourth-order valence-electron chi connectivity index (χ4n) is 5.34. The van der Waals surface area contributed by atoms with Crippen molar-refractivity contribution in [1.82, 2.24) is 10.6 Å². The molecule has 7 atom stereocenters. The normalized spacial score (nSPS) is 18.6. The molecule has 2 amide bonds. The second kappa shape index (κ2) is 19.2. The Kier molecular flexibility index (Phi) is 15.7. The van der Waals surface area contributed by atoms with Crippen LogP contribution in [0.25, 0.3) is 0 Å². The van der Waals surface area contributed by atoms with Gasteiger partial charge in [-0.1, -0.05) is 75.7 Å². The summed E-state index contributed by atoms with van der Waals surface area (Å²) in [5.41, 5.74) is 4.40. The van der Waals surface area contributed by atoms with Gasteiger partial charge in [0.2, 0.25) is 11.8 Å². The number of amides is 2. The van der Waals surface area contributed by atoms with Crippen LogP contribution in [0, 0.1) is 17.8 Å². The first-order valence-corrected chi connectivity index (χ1v) is 18.3. The van der Waals surface area contributed by atoms with Crippen LogP contribution in [0.4, 0.5) is 0 Å². The SMILES string of the molecule is COc1ccc(C[C@@H](NC(=O)/C=C/CC[C@H](C)C2P[C@@H]2c2ccc(CCl)cc2)C(=O)NC[C@@H](C)C(=O)O[C@@H](CC(C)C)C(=O)O)cc1Cl. The fraction of sp³-hybridized carbons (Fsp3) is 0.500. The minimum Gasteiger partial charge on any atom is -0.495 e. The van der Waals surface area contributed by atoms with Gasteiger partial charge in [0.15, 0.2) is 6.10 Å². The summed E-state index contributed by atoms with van der Waals surface area (Å²) in [4.78, 5) is 50.4. The number of hydrogen-bond acceptors (Lipinski definition) is 6. The number of carbonyl (C=O) groups is 4. The smallest absolute Gasteiger partial charge is 0.345 e. The quantitative estimate of drug-likeness (QED) is 0.0639. The van der Waals surface area contributed by atoms with E-state index >= 15 is 0 Å². The lowest BCUT2D eigenvalue weighted by atomic mass is 9.96. The summed E-state index contributed by atoms with van der Waals surface area (Å²) < 4.78 is 10.4. The lowest BCUT2D eigenvalue weighted by molar-refractivity contribution is -0.167. The predicted molar refractivity (Wildman–Crippen MR) is 191 cm³/mol. The maximum atomic E-state index is 13.3. The molecule has 1 heterocycles. The molecular weight excluding hydrogens is 674 g/mol. The molecule has 262 valence electrons. The van der Waals surface area contributed by atoms with Gasteiger partial charge in [0.1, 0.15) is 11.8 Å². The Morgan fingerprint density at radius 3 is 2.33 bits per heavy atom. The largest absolute Gasteiger partial charge is 0.495 e. The van der Waals surface area contributed by atoms with Crippen LogP contribution in [-0.4, -0.2) is 60.3 Å². The highest BCUT2D eigenvalue weighted by atomic mass is 35.5. The molecule has 0 spiro atoms. The summed E-state index contributed by atoms with van der Waals surface area (Å²) in [5, 5.41) is 15.3. The highest BCUT2D eigenvalue weighted by Gasteiger charge is 2.41. The first-order valence-electron chi connectivity index (χ1n) is 16.2. The third kappa shape index (κ3) is 12.4. The number of carbonyl (C=O) groups excluding carboxylic acids is 3. The fourth-order valence-corrected chi connectivity index (χ4v) is 7.50. The van der Waals surface area contributed by atoms with Gasteiger partial charge < -0.3 is 25.2 Å². The van der Waals surface area contributed by atoms with Crippen molar-refractivity contribution in [3.05, 3.63) is 76.3 Å². The lowest BCUT2D eigenvalue weighted by Crippen LogP contribution is -2.49. The summed E-state index contributed by atoms with van der Waals surface area (Å²) in [5.74, 6) is -2.17. The minimum atomic E-state index is -1.27. The number of nitrogens with one attached hydrogen (secondary N) is 2. The van der Waals surface area contributed by atoms with Crippen LogP contribution in [-0.2, 0) is 36.2 Å². The molecule has 0 saturated carbocycles. The third-order valence-corrected chi connectivity index (χ3v) is 10.8. The molecule has 2 aromatic carbocycles. The van der Waals surface area contributed by atoms with Crippen molar-refractivity contribution in [2.75, 3.05) is 13.7 Å². The molecule has 3 N–H and O–H groups in total. The summed E-state index contributed by atoms with van der Waals surface area (Å²) in [6.07, 6.45) is 4.00. The standard InChI is InChI=1S/C36H47Cl2N2O7P/c1-21(2)16-30(35(43)44)47-36(45)23(4)20-39-34(42)28(18-25-12-15-29(46-5)27(38)17-25)40-31(41)9-7-6-8-22(3)32-33(48-32)26-13-10-24(19-37)11-14-26/h7,9-15,17,21-23,28,30,32-33,48H,6,8,16,18-20H2,1-5H3,(H,39,42)(H,40,41)(H,43,44)/b9-7+/t22-,23+,28+,30-,32?,33+/m0/s1. The number of hydrogen-bond donors (Lipinski definition) is 3. The minimum absolute atomic E-state index is 0.0123. The Bertz CT molecular complexity index is 1440. The van der Waals surface area contributed by atoms with Gasteiger partial charge in [0, 0.05) is 24.5 Å². The molecule has 1 aliphatic rings. The number of benzene rings is 2. The lowest BCUT2D eigenvalue weighted by Gasteiger charge is -2.21. The monoisotopic (exact) mass is 720 g/mol. The molecule has 2 aromatic rings. The number of methoxy groups -OCH3 is 1. The van der Waals surface area contributed by atoms with Crippen LogP contribution >= 0.6 is 31.8 Å². The molecule has 1 saturated heterocycles. The molecule has 1 aliphatic heterocycles. The number of carboxylic acids is 1.